The predicted octanol–water partition coefficient (Wildman–Crippen LogP) is 2.48. The van der Waals surface area contributed by atoms with Gasteiger partial charge in [-0.2, -0.15) is 0 Å². The molecule has 0 spiro atoms. The molecule has 2 N–H and O–H groups in total. The summed E-state index contributed by atoms with van der Waals surface area (Å²) >= 11 is 0. The second-order valence-electron chi connectivity index (χ2n) is 6.00. The number of pyridine rings is 1. The van der Waals surface area contributed by atoms with E-state index in [0.717, 1.165) is 5.56 Å². The van der Waals surface area contributed by atoms with Crippen LogP contribution in [0.4, 0.5) is 21.5 Å². The molecule has 0 amide bonds. The Morgan fingerprint density at radius 2 is 1.88 bits per heavy atom. The van der Waals surface area contributed by atoms with Gasteiger partial charge in [-0.05, 0) is 37.5 Å². The summed E-state index contributed by atoms with van der Waals surface area (Å²) in [4.78, 5) is 11.9. The van der Waals surface area contributed by atoms with Gasteiger partial charge in [-0.3, -0.25) is 9.52 Å². The maximum Gasteiger partial charge on any atom is 0.252 e. The van der Waals surface area contributed by atoms with E-state index in [0.29, 0.717) is 12.8 Å². The summed E-state index contributed by atoms with van der Waals surface area (Å²) in [5.74, 6) is -0.480. The lowest BCUT2D eigenvalue weighted by Crippen LogP contribution is -2.22. The van der Waals surface area contributed by atoms with Crippen molar-refractivity contribution in [2.24, 2.45) is 7.05 Å². The van der Waals surface area contributed by atoms with Crippen molar-refractivity contribution in [2.45, 2.75) is 25.0 Å². The lowest BCUT2D eigenvalue weighted by Gasteiger charge is -2.15. The molecule has 1 aromatic carbocycles. The first-order chi connectivity index (χ1) is 11.3. The van der Waals surface area contributed by atoms with Crippen molar-refractivity contribution in [2.75, 3.05) is 10.0 Å². The summed E-state index contributed by atoms with van der Waals surface area (Å²) in [6, 6.07) is 5.86. The number of rotatable bonds is 5. The van der Waals surface area contributed by atoms with E-state index in [1.807, 2.05) is 0 Å². The molecule has 0 unspecified atom stereocenters. The van der Waals surface area contributed by atoms with Gasteiger partial charge in [0.15, 0.2) is 0 Å². The van der Waals surface area contributed by atoms with Gasteiger partial charge in [0.25, 0.3) is 5.56 Å². The van der Waals surface area contributed by atoms with Crippen molar-refractivity contribution in [3.05, 3.63) is 52.2 Å². The van der Waals surface area contributed by atoms with Crippen molar-refractivity contribution < 1.29 is 12.8 Å². The van der Waals surface area contributed by atoms with Gasteiger partial charge in [-0.1, -0.05) is 6.07 Å². The average Bonchev–Trinajstić information content (AvgIpc) is 3.32. The zero-order valence-corrected chi connectivity index (χ0v) is 14.2. The number of anilines is 3. The van der Waals surface area contributed by atoms with Crippen molar-refractivity contribution in [1.29, 1.82) is 0 Å². The summed E-state index contributed by atoms with van der Waals surface area (Å²) in [6.45, 7) is 1.76. The Morgan fingerprint density at radius 3 is 2.50 bits per heavy atom. The Hall–Kier alpha value is -2.35. The highest BCUT2D eigenvalue weighted by Crippen LogP contribution is 2.32. The van der Waals surface area contributed by atoms with Crippen LogP contribution in [0.25, 0.3) is 0 Å². The van der Waals surface area contributed by atoms with Crippen LogP contribution in [-0.2, 0) is 17.1 Å². The number of hydrogen-bond donors (Lipinski definition) is 2. The normalized spacial score (nSPS) is 14.5. The van der Waals surface area contributed by atoms with Crippen LogP contribution in [0.5, 0.6) is 0 Å². The first-order valence-corrected chi connectivity index (χ1v) is 9.06. The number of aryl methyl sites for hydroxylation is 2. The van der Waals surface area contributed by atoms with Crippen molar-refractivity contribution >= 4 is 27.1 Å². The molecule has 6 nitrogen and oxygen atoms in total. The Labute approximate surface area is 139 Å². The van der Waals surface area contributed by atoms with Crippen LogP contribution in [0.2, 0.25) is 0 Å². The Balaban J connectivity index is 1.99. The summed E-state index contributed by atoms with van der Waals surface area (Å²) < 4.78 is 42.1. The molecule has 2 aromatic rings. The van der Waals surface area contributed by atoms with E-state index < -0.39 is 21.1 Å². The van der Waals surface area contributed by atoms with Crippen LogP contribution >= 0.6 is 0 Å². The molecule has 1 aliphatic rings. The highest BCUT2D eigenvalue weighted by Gasteiger charge is 2.36. The average molecular weight is 351 g/mol. The summed E-state index contributed by atoms with van der Waals surface area (Å²) in [5.41, 5.74) is 1.02. The smallest absolute Gasteiger partial charge is 0.252 e. The van der Waals surface area contributed by atoms with Crippen LogP contribution in [0, 0.1) is 12.7 Å². The second kappa shape index (κ2) is 5.94. The fourth-order valence-corrected chi connectivity index (χ4v) is 3.69. The molecule has 1 saturated carbocycles. The van der Waals surface area contributed by atoms with Crippen LogP contribution in [0.1, 0.15) is 18.4 Å². The van der Waals surface area contributed by atoms with Gasteiger partial charge in [-0.25, -0.2) is 12.8 Å². The number of nitrogens with one attached hydrogen (secondary N) is 2. The molecule has 0 atom stereocenters. The molecule has 128 valence electrons. The van der Waals surface area contributed by atoms with Crippen LogP contribution in [-0.4, -0.2) is 18.2 Å². The Bertz CT molecular complexity index is 950. The van der Waals surface area contributed by atoms with Crippen molar-refractivity contribution in [3.8, 4) is 0 Å². The first-order valence-electron chi connectivity index (χ1n) is 7.52. The van der Waals surface area contributed by atoms with E-state index in [4.69, 9.17) is 0 Å². The summed E-state index contributed by atoms with van der Waals surface area (Å²) in [5, 5.41) is 2.40. The van der Waals surface area contributed by atoms with Gasteiger partial charge in [0, 0.05) is 19.3 Å². The third-order valence-corrected chi connectivity index (χ3v) is 5.69. The van der Waals surface area contributed by atoms with E-state index in [2.05, 4.69) is 10.0 Å². The van der Waals surface area contributed by atoms with Crippen LogP contribution in [0.3, 0.4) is 0 Å². The quantitative estimate of drug-likeness (QED) is 0.867. The minimum absolute atomic E-state index is 0.167. The van der Waals surface area contributed by atoms with Crippen LogP contribution < -0.4 is 15.6 Å². The van der Waals surface area contributed by atoms with E-state index in [1.165, 1.54) is 29.9 Å². The number of aromatic nitrogens is 1. The highest BCUT2D eigenvalue weighted by atomic mass is 32.2. The lowest BCUT2D eigenvalue weighted by molar-refractivity contribution is 0.600. The number of benzene rings is 1. The van der Waals surface area contributed by atoms with Crippen LogP contribution in [0.15, 0.2) is 35.3 Å². The van der Waals surface area contributed by atoms with Gasteiger partial charge < -0.3 is 9.88 Å². The van der Waals surface area contributed by atoms with Crippen molar-refractivity contribution in [3.63, 3.8) is 0 Å². The minimum Gasteiger partial charge on any atom is -0.351 e. The van der Waals surface area contributed by atoms with Gasteiger partial charge in [0.1, 0.15) is 5.82 Å². The highest BCUT2D eigenvalue weighted by molar-refractivity contribution is 7.93. The van der Waals surface area contributed by atoms with Gasteiger partial charge in [-0.15, -0.1) is 0 Å². The van der Waals surface area contributed by atoms with E-state index >= 15 is 0 Å². The fourth-order valence-electron chi connectivity index (χ4n) is 2.30. The Morgan fingerprint density at radius 1 is 1.17 bits per heavy atom. The molecule has 1 fully saturated rings. The third-order valence-electron chi connectivity index (χ3n) is 3.84. The number of nitrogens with zero attached hydrogens (tertiary/aromatic N) is 1. The Kier molecular flexibility index (Phi) is 4.08. The molecule has 0 saturated heterocycles. The maximum atomic E-state index is 14.0. The fraction of sp³-hybridized carbons (Fsp3) is 0.312. The first kappa shape index (κ1) is 16.5. The molecular weight excluding hydrogens is 333 g/mol. The molecule has 0 aliphatic heterocycles. The topological polar surface area (TPSA) is 80.2 Å². The predicted molar refractivity (Wildman–Crippen MR) is 91.7 cm³/mol. The standard InChI is InChI=1S/C16H18FN3O3S/c1-10-3-6-13(12(17)7-10)18-14-8-16(21)20(2)9-15(14)19-24(22,23)11-4-5-11/h3,6-9,11,18-19H,4-5H2,1-2H3. The second-order valence-corrected chi connectivity index (χ2v) is 7.97. The number of sulfonamides is 1. The molecule has 1 heterocycles. The number of halogens is 1. The summed E-state index contributed by atoms with van der Waals surface area (Å²) in [6.07, 6.45) is 2.63. The molecule has 8 heteroatoms. The third kappa shape index (κ3) is 3.43. The molecule has 0 radical (unpaired) electrons. The SMILES string of the molecule is Cc1ccc(Nc2cc(=O)n(C)cc2NS(=O)(=O)C2CC2)c(F)c1. The summed E-state index contributed by atoms with van der Waals surface area (Å²) in [7, 11) is -1.98. The van der Waals surface area contributed by atoms with Gasteiger partial charge in [0.05, 0.1) is 22.3 Å². The monoisotopic (exact) mass is 351 g/mol. The van der Waals surface area contributed by atoms with Crippen molar-refractivity contribution in [1.82, 2.24) is 4.57 Å². The molecule has 24 heavy (non-hydrogen) atoms. The van der Waals surface area contributed by atoms with Gasteiger partial charge >= 0.3 is 0 Å². The largest absolute Gasteiger partial charge is 0.351 e. The lowest BCUT2D eigenvalue weighted by atomic mass is 10.2. The minimum atomic E-state index is -3.50. The number of hydrogen-bond acceptors (Lipinski definition) is 4. The molecule has 0 bridgehead atoms. The molecule has 1 aliphatic carbocycles. The zero-order chi connectivity index (χ0) is 17.5. The maximum absolute atomic E-state index is 14.0. The van der Waals surface area contributed by atoms with Gasteiger partial charge in [0.2, 0.25) is 10.0 Å². The molecular formula is C16H18FN3O3S. The van der Waals surface area contributed by atoms with E-state index in [-0.39, 0.29) is 22.6 Å². The zero-order valence-electron chi connectivity index (χ0n) is 13.3. The van der Waals surface area contributed by atoms with E-state index in [9.17, 15) is 17.6 Å². The van der Waals surface area contributed by atoms with E-state index in [1.54, 1.807) is 19.1 Å². The molecule has 3 rings (SSSR count). The molecule has 1 aromatic heterocycles.